The van der Waals surface area contributed by atoms with Crippen LogP contribution in [-0.4, -0.2) is 0 Å². The maximum Gasteiger partial charge on any atom is 0.0541 e. The number of rotatable bonds is 12. The van der Waals surface area contributed by atoms with Crippen LogP contribution in [0.25, 0.3) is 21.5 Å². The van der Waals surface area contributed by atoms with Gasteiger partial charge in [0.15, 0.2) is 0 Å². The van der Waals surface area contributed by atoms with E-state index >= 15 is 0 Å². The molecule has 0 aliphatic heterocycles. The first-order valence-electron chi connectivity index (χ1n) is 22.4. The molecule has 11 aromatic carbocycles. The second-order valence-electron chi connectivity index (χ2n) is 16.2. The third-order valence-electron chi connectivity index (χ3n) is 12.2. The minimum atomic E-state index is 1.04. The lowest BCUT2D eigenvalue weighted by Gasteiger charge is -2.33. The van der Waals surface area contributed by atoms with Gasteiger partial charge in [-0.25, -0.2) is 0 Å². The maximum absolute atomic E-state index is 2.45. The Morgan fingerprint density at radius 1 is 0.136 bits per heavy atom. The van der Waals surface area contributed by atoms with Crippen molar-refractivity contribution in [1.82, 2.24) is 0 Å². The van der Waals surface area contributed by atoms with E-state index in [9.17, 15) is 0 Å². The Morgan fingerprint density at radius 2 is 0.318 bits per heavy atom. The molecule has 0 atom stereocenters. The van der Waals surface area contributed by atoms with Crippen molar-refractivity contribution >= 4 is 89.8 Å². The molecule has 0 aliphatic rings. The van der Waals surface area contributed by atoms with Gasteiger partial charge >= 0.3 is 0 Å². The Hall–Kier alpha value is -8.86. The summed E-state index contributed by atoms with van der Waals surface area (Å²) in [6.07, 6.45) is 0. The van der Waals surface area contributed by atoms with Crippen LogP contribution in [0.5, 0.6) is 0 Å². The summed E-state index contributed by atoms with van der Waals surface area (Å²) in [6, 6.07) is 99.6. The van der Waals surface area contributed by atoms with Crippen LogP contribution in [0, 0.1) is 0 Å². The Kier molecular flexibility index (Phi) is 10.9. The zero-order chi connectivity index (χ0) is 44.1. The highest BCUT2D eigenvalue weighted by molar-refractivity contribution is 6.12. The molecule has 0 heterocycles. The van der Waals surface area contributed by atoms with Crippen LogP contribution in [0.2, 0.25) is 0 Å². The van der Waals surface area contributed by atoms with Crippen LogP contribution >= 0.6 is 0 Å². The van der Waals surface area contributed by atoms with Gasteiger partial charge in [-0.15, -0.1) is 0 Å². The van der Waals surface area contributed by atoms with E-state index in [-0.39, 0.29) is 0 Å². The minimum absolute atomic E-state index is 1.04. The van der Waals surface area contributed by atoms with Gasteiger partial charge in [0.2, 0.25) is 0 Å². The van der Waals surface area contributed by atoms with Crippen LogP contribution in [0.15, 0.2) is 279 Å². The number of para-hydroxylation sites is 6. The number of hydrogen-bond donors (Lipinski definition) is 0. The van der Waals surface area contributed by atoms with E-state index in [1.807, 2.05) is 0 Å². The lowest BCUT2D eigenvalue weighted by atomic mass is 10.00. The Balaban J connectivity index is 1.13. The van der Waals surface area contributed by atoms with Crippen molar-refractivity contribution in [2.24, 2.45) is 0 Å². The lowest BCUT2D eigenvalue weighted by Crippen LogP contribution is -2.15. The predicted molar refractivity (Wildman–Crippen MR) is 280 cm³/mol. The summed E-state index contributed by atoms with van der Waals surface area (Å²) in [4.78, 5) is 9.48. The quantitative estimate of drug-likeness (QED) is 0.121. The summed E-state index contributed by atoms with van der Waals surface area (Å²) < 4.78 is 0. The zero-order valence-electron chi connectivity index (χ0n) is 36.3. The number of fused-ring (bicyclic) bond motifs is 2. The normalized spacial score (nSPS) is 11.0. The zero-order valence-corrected chi connectivity index (χ0v) is 36.3. The van der Waals surface area contributed by atoms with Crippen molar-refractivity contribution in [1.29, 1.82) is 0 Å². The molecular formula is C62H46N4. The fraction of sp³-hybridized carbons (Fsp3) is 0. The first-order chi connectivity index (χ1) is 32.8. The molecule has 0 saturated carbocycles. The molecule has 11 rings (SSSR count). The molecule has 0 aromatic heterocycles. The largest absolute Gasteiger partial charge is 0.311 e. The van der Waals surface area contributed by atoms with Crippen molar-refractivity contribution in [3.8, 4) is 0 Å². The number of anilines is 12. The fourth-order valence-electron chi connectivity index (χ4n) is 9.24. The highest BCUT2D eigenvalue weighted by Gasteiger charge is 2.24. The van der Waals surface area contributed by atoms with Crippen molar-refractivity contribution in [2.75, 3.05) is 19.6 Å². The molecule has 0 saturated heterocycles. The van der Waals surface area contributed by atoms with Crippen LogP contribution in [0.1, 0.15) is 0 Å². The summed E-state index contributed by atoms with van der Waals surface area (Å²) in [6.45, 7) is 0. The van der Waals surface area contributed by atoms with Gasteiger partial charge < -0.3 is 19.6 Å². The molecule has 0 amide bonds. The number of benzene rings is 11. The third-order valence-corrected chi connectivity index (χ3v) is 12.2. The van der Waals surface area contributed by atoms with E-state index in [1.165, 1.54) is 0 Å². The predicted octanol–water partition coefficient (Wildman–Crippen LogP) is 17.9. The summed E-state index contributed by atoms with van der Waals surface area (Å²) in [5, 5.41) is 4.55. The van der Waals surface area contributed by atoms with E-state index in [0.29, 0.717) is 0 Å². The molecule has 0 bridgehead atoms. The second-order valence-corrected chi connectivity index (χ2v) is 16.2. The van der Waals surface area contributed by atoms with Crippen molar-refractivity contribution in [3.63, 3.8) is 0 Å². The van der Waals surface area contributed by atoms with E-state index in [0.717, 1.165) is 89.8 Å². The molecule has 0 fully saturated rings. The van der Waals surface area contributed by atoms with Gasteiger partial charge in [-0.3, -0.25) is 0 Å². The SMILES string of the molecule is c1ccc(N(c2ccccc2)c2ccc(N(c3ccc(N(c4ccccc4)c4ccccc4)c4ccccc34)c3ccc(N(c4ccccc4)c4ccccc4)c4ccccc34)cc2)cc1. The summed E-state index contributed by atoms with van der Waals surface area (Å²) in [5.74, 6) is 0. The van der Waals surface area contributed by atoms with Crippen LogP contribution < -0.4 is 19.6 Å². The number of hydrogen-bond acceptors (Lipinski definition) is 4. The average molecular weight is 847 g/mol. The van der Waals surface area contributed by atoms with Gasteiger partial charge in [0, 0.05) is 67.0 Å². The van der Waals surface area contributed by atoms with Crippen molar-refractivity contribution < 1.29 is 0 Å². The average Bonchev–Trinajstić information content (AvgIpc) is 3.40. The van der Waals surface area contributed by atoms with Gasteiger partial charge in [-0.1, -0.05) is 158 Å². The summed E-state index contributed by atoms with van der Waals surface area (Å²) >= 11 is 0. The van der Waals surface area contributed by atoms with Crippen molar-refractivity contribution in [3.05, 3.63) is 279 Å². The molecular weight excluding hydrogens is 801 g/mol. The standard InChI is InChI=1S/C62H46N4/c1-7-23-47(24-8-1)63(48-25-9-2-10-26-48)53-39-41-54(42-40-53)66(61-45-43-59(55-35-19-21-37-57(55)61)64(49-27-11-3-12-28-49)50-29-13-4-14-30-50)62-46-44-60(56-36-20-22-38-58(56)62)65(51-31-15-5-16-32-51)52-33-17-6-18-34-52/h1-46H. The molecule has 11 aromatic rings. The molecule has 0 N–H and O–H groups in total. The lowest BCUT2D eigenvalue weighted by molar-refractivity contribution is 1.26. The smallest absolute Gasteiger partial charge is 0.0541 e. The first-order valence-corrected chi connectivity index (χ1v) is 22.4. The van der Waals surface area contributed by atoms with Crippen LogP contribution in [-0.2, 0) is 0 Å². The Labute approximate surface area is 386 Å². The molecule has 314 valence electrons. The Bertz CT molecular complexity index is 3060. The molecule has 0 radical (unpaired) electrons. The minimum Gasteiger partial charge on any atom is -0.311 e. The topological polar surface area (TPSA) is 13.0 Å². The van der Waals surface area contributed by atoms with Gasteiger partial charge in [-0.2, -0.15) is 0 Å². The summed E-state index contributed by atoms with van der Waals surface area (Å²) in [5.41, 5.74) is 13.0. The molecule has 66 heavy (non-hydrogen) atoms. The molecule has 0 aliphatic carbocycles. The Morgan fingerprint density at radius 3 is 0.576 bits per heavy atom. The first kappa shape index (κ1) is 40.0. The van der Waals surface area contributed by atoms with Gasteiger partial charge in [0.05, 0.1) is 22.7 Å². The second kappa shape index (κ2) is 18.1. The van der Waals surface area contributed by atoms with E-state index in [4.69, 9.17) is 0 Å². The molecule has 4 heteroatoms. The highest BCUT2D eigenvalue weighted by Crippen LogP contribution is 2.49. The van der Waals surface area contributed by atoms with Gasteiger partial charge in [0.25, 0.3) is 0 Å². The van der Waals surface area contributed by atoms with Crippen LogP contribution in [0.3, 0.4) is 0 Å². The van der Waals surface area contributed by atoms with Gasteiger partial charge in [0.1, 0.15) is 0 Å². The molecule has 4 nitrogen and oxygen atoms in total. The molecule has 0 spiro atoms. The van der Waals surface area contributed by atoms with E-state index in [2.05, 4.69) is 299 Å². The number of nitrogens with zero attached hydrogens (tertiary/aromatic N) is 4. The monoisotopic (exact) mass is 846 g/mol. The van der Waals surface area contributed by atoms with E-state index < -0.39 is 0 Å². The maximum atomic E-state index is 2.45. The highest BCUT2D eigenvalue weighted by atomic mass is 15.2. The third kappa shape index (κ3) is 7.67. The fourth-order valence-corrected chi connectivity index (χ4v) is 9.24. The van der Waals surface area contributed by atoms with Crippen molar-refractivity contribution in [2.45, 2.75) is 0 Å². The van der Waals surface area contributed by atoms with Gasteiger partial charge in [-0.05, 0) is 121 Å². The van der Waals surface area contributed by atoms with Crippen LogP contribution in [0.4, 0.5) is 68.2 Å². The summed E-state index contributed by atoms with van der Waals surface area (Å²) in [7, 11) is 0. The van der Waals surface area contributed by atoms with E-state index in [1.54, 1.807) is 0 Å². The molecule has 0 unspecified atom stereocenters.